The molecular formula is C21H18N4O4. The lowest BCUT2D eigenvalue weighted by molar-refractivity contribution is 0.169. The van der Waals surface area contributed by atoms with Gasteiger partial charge in [-0.25, -0.2) is 0 Å². The van der Waals surface area contributed by atoms with Crippen molar-refractivity contribution in [1.29, 1.82) is 5.26 Å². The molecule has 1 aromatic heterocycles. The minimum Gasteiger partial charge on any atom is -0.454 e. The molecule has 3 heterocycles. The van der Waals surface area contributed by atoms with Gasteiger partial charge in [0.2, 0.25) is 18.5 Å². The number of hydrogen-bond acceptors (Lipinski definition) is 8. The van der Waals surface area contributed by atoms with Gasteiger partial charge in [0.15, 0.2) is 11.5 Å². The molecule has 0 aliphatic carbocycles. The maximum Gasteiger partial charge on any atom is 0.244 e. The number of β-amino-alcohol motifs (C(OH)–C–C–N with tert-alkyl or cyclic N) is 1. The van der Waals surface area contributed by atoms with Gasteiger partial charge in [-0.1, -0.05) is 17.3 Å². The van der Waals surface area contributed by atoms with Gasteiger partial charge < -0.3 is 19.1 Å². The molecule has 8 heteroatoms. The number of hydrogen-bond donors (Lipinski definition) is 1. The first kappa shape index (κ1) is 17.7. The summed E-state index contributed by atoms with van der Waals surface area (Å²) in [6.45, 7) is 1.29. The van der Waals surface area contributed by atoms with Crippen molar-refractivity contribution in [2.75, 3.05) is 13.3 Å². The van der Waals surface area contributed by atoms with E-state index in [0.29, 0.717) is 48.3 Å². The highest BCUT2D eigenvalue weighted by Crippen LogP contribution is 2.37. The van der Waals surface area contributed by atoms with Gasteiger partial charge in [-0.05, 0) is 42.3 Å². The zero-order valence-electron chi connectivity index (χ0n) is 15.5. The van der Waals surface area contributed by atoms with E-state index < -0.39 is 6.10 Å². The van der Waals surface area contributed by atoms with E-state index in [1.807, 2.05) is 36.4 Å². The van der Waals surface area contributed by atoms with Gasteiger partial charge >= 0.3 is 0 Å². The minimum absolute atomic E-state index is 0.189. The molecule has 0 radical (unpaired) electrons. The number of aromatic nitrogens is 2. The topological polar surface area (TPSA) is 105 Å². The summed E-state index contributed by atoms with van der Waals surface area (Å²) in [5, 5.41) is 23.5. The van der Waals surface area contributed by atoms with Crippen LogP contribution in [-0.2, 0) is 6.54 Å². The minimum atomic E-state index is -0.472. The molecule has 0 bridgehead atoms. The van der Waals surface area contributed by atoms with Crippen molar-refractivity contribution in [3.63, 3.8) is 0 Å². The Morgan fingerprint density at radius 1 is 1.17 bits per heavy atom. The van der Waals surface area contributed by atoms with Gasteiger partial charge in [0.25, 0.3) is 0 Å². The van der Waals surface area contributed by atoms with E-state index in [-0.39, 0.29) is 12.8 Å². The lowest BCUT2D eigenvalue weighted by Gasteiger charge is -2.21. The lowest BCUT2D eigenvalue weighted by Crippen LogP contribution is -2.24. The van der Waals surface area contributed by atoms with Gasteiger partial charge in [0, 0.05) is 18.7 Å². The molecule has 3 aromatic rings. The van der Waals surface area contributed by atoms with Crippen LogP contribution in [0.5, 0.6) is 11.5 Å². The summed E-state index contributed by atoms with van der Waals surface area (Å²) in [4.78, 5) is 6.66. The molecule has 0 amide bonds. The number of aliphatic hydroxyl groups excluding tert-OH is 1. The average molecular weight is 390 g/mol. The summed E-state index contributed by atoms with van der Waals surface area (Å²) in [5.41, 5.74) is 2.39. The van der Waals surface area contributed by atoms with Crippen LogP contribution >= 0.6 is 0 Å². The van der Waals surface area contributed by atoms with Gasteiger partial charge in [-0.15, -0.1) is 0 Å². The van der Waals surface area contributed by atoms with Crippen LogP contribution in [0.25, 0.3) is 11.4 Å². The zero-order chi connectivity index (χ0) is 19.8. The molecule has 2 aromatic carbocycles. The third-order valence-electron chi connectivity index (χ3n) is 5.18. The molecule has 0 spiro atoms. The fourth-order valence-electron chi connectivity index (χ4n) is 3.81. The third kappa shape index (κ3) is 3.42. The molecule has 5 rings (SSSR count). The summed E-state index contributed by atoms with van der Waals surface area (Å²) in [6, 6.07) is 14.9. The number of likely N-dealkylation sites (tertiary alicyclic amines) is 1. The Balaban J connectivity index is 1.38. The number of nitriles is 1. The van der Waals surface area contributed by atoms with Crippen molar-refractivity contribution in [3.05, 3.63) is 59.5 Å². The predicted molar refractivity (Wildman–Crippen MR) is 101 cm³/mol. The number of ether oxygens (including phenoxy) is 2. The van der Waals surface area contributed by atoms with Crippen LogP contribution in [0.1, 0.15) is 29.5 Å². The van der Waals surface area contributed by atoms with Crippen molar-refractivity contribution >= 4 is 0 Å². The normalized spacial score (nSPS) is 20.7. The fourth-order valence-corrected chi connectivity index (χ4v) is 3.81. The van der Waals surface area contributed by atoms with Crippen LogP contribution in [0.4, 0.5) is 0 Å². The van der Waals surface area contributed by atoms with E-state index in [9.17, 15) is 5.11 Å². The number of benzene rings is 2. The molecular weight excluding hydrogens is 372 g/mol. The summed E-state index contributed by atoms with van der Waals surface area (Å²) in [7, 11) is 0. The smallest absolute Gasteiger partial charge is 0.244 e. The van der Waals surface area contributed by atoms with E-state index in [1.165, 1.54) is 0 Å². The largest absolute Gasteiger partial charge is 0.454 e. The maximum atomic E-state index is 10.2. The van der Waals surface area contributed by atoms with Crippen molar-refractivity contribution in [1.82, 2.24) is 15.0 Å². The first-order valence-electron chi connectivity index (χ1n) is 9.34. The van der Waals surface area contributed by atoms with E-state index >= 15 is 0 Å². The van der Waals surface area contributed by atoms with Crippen LogP contribution in [0.2, 0.25) is 0 Å². The maximum absolute atomic E-state index is 10.2. The lowest BCUT2D eigenvalue weighted by atomic mass is 10.1. The van der Waals surface area contributed by atoms with Crippen LogP contribution in [0.3, 0.4) is 0 Å². The molecule has 1 fully saturated rings. The third-order valence-corrected chi connectivity index (χ3v) is 5.18. The SMILES string of the molecule is N#Cc1cccc(CN2CC(O)CC2c2nc(-c3ccc4c(c3)OCO4)no2)c1. The van der Waals surface area contributed by atoms with Gasteiger partial charge in [-0.2, -0.15) is 10.2 Å². The monoisotopic (exact) mass is 390 g/mol. The molecule has 2 aliphatic rings. The summed E-state index contributed by atoms with van der Waals surface area (Å²) in [5.74, 6) is 2.28. The Labute approximate surface area is 166 Å². The van der Waals surface area contributed by atoms with Crippen LogP contribution in [-0.4, -0.2) is 39.6 Å². The summed E-state index contributed by atoms with van der Waals surface area (Å²) in [6.07, 6.45) is 0.0424. The molecule has 2 atom stereocenters. The van der Waals surface area contributed by atoms with Crippen LogP contribution in [0.15, 0.2) is 47.0 Å². The quantitative estimate of drug-likeness (QED) is 0.725. The van der Waals surface area contributed by atoms with Gasteiger partial charge in [-0.3, -0.25) is 4.90 Å². The first-order valence-corrected chi connectivity index (χ1v) is 9.34. The van der Waals surface area contributed by atoms with Crippen LogP contribution < -0.4 is 9.47 Å². The molecule has 1 N–H and O–H groups in total. The fraction of sp³-hybridized carbons (Fsp3) is 0.286. The van der Waals surface area contributed by atoms with E-state index in [4.69, 9.17) is 19.3 Å². The first-order chi connectivity index (χ1) is 14.2. The van der Waals surface area contributed by atoms with Crippen LogP contribution in [0, 0.1) is 11.3 Å². The zero-order valence-corrected chi connectivity index (χ0v) is 15.5. The van der Waals surface area contributed by atoms with Gasteiger partial charge in [0.1, 0.15) is 0 Å². The van der Waals surface area contributed by atoms with Crippen molar-refractivity contribution in [3.8, 4) is 29.0 Å². The summed E-state index contributed by atoms with van der Waals surface area (Å²) >= 11 is 0. The summed E-state index contributed by atoms with van der Waals surface area (Å²) < 4.78 is 16.3. The van der Waals surface area contributed by atoms with E-state index in [2.05, 4.69) is 21.1 Å². The molecule has 1 saturated heterocycles. The molecule has 2 unspecified atom stereocenters. The Morgan fingerprint density at radius 2 is 2.07 bits per heavy atom. The average Bonchev–Trinajstić information content (AvgIpc) is 3.47. The Hall–Kier alpha value is -3.41. The van der Waals surface area contributed by atoms with Crippen molar-refractivity contribution < 1.29 is 19.1 Å². The van der Waals surface area contributed by atoms with Gasteiger partial charge in [0.05, 0.1) is 23.8 Å². The predicted octanol–water partition coefficient (Wildman–Crippen LogP) is 2.64. The molecule has 8 nitrogen and oxygen atoms in total. The molecule has 2 aliphatic heterocycles. The van der Waals surface area contributed by atoms with E-state index in [0.717, 1.165) is 11.1 Å². The second-order valence-corrected chi connectivity index (χ2v) is 7.17. The number of nitrogens with zero attached hydrogens (tertiary/aromatic N) is 4. The molecule has 146 valence electrons. The number of aliphatic hydroxyl groups is 1. The highest BCUT2D eigenvalue weighted by atomic mass is 16.7. The Bertz CT molecular complexity index is 1090. The molecule has 29 heavy (non-hydrogen) atoms. The Morgan fingerprint density at radius 3 is 2.97 bits per heavy atom. The second-order valence-electron chi connectivity index (χ2n) is 7.17. The standard InChI is InChI=1S/C21H18N4O4/c22-9-13-2-1-3-14(6-13)10-25-11-16(26)8-17(25)21-23-20(24-29-21)15-4-5-18-19(7-15)28-12-27-18/h1-7,16-17,26H,8,10-12H2. The van der Waals surface area contributed by atoms with E-state index in [1.54, 1.807) is 6.07 Å². The second kappa shape index (κ2) is 7.20. The highest BCUT2D eigenvalue weighted by Gasteiger charge is 2.36. The highest BCUT2D eigenvalue weighted by molar-refractivity contribution is 5.61. The molecule has 0 saturated carbocycles. The van der Waals surface area contributed by atoms with Crippen molar-refractivity contribution in [2.24, 2.45) is 0 Å². The van der Waals surface area contributed by atoms with Crippen molar-refractivity contribution in [2.45, 2.75) is 25.1 Å². The number of fused-ring (bicyclic) bond motifs is 1. The number of rotatable bonds is 4. The Kier molecular flexibility index (Phi) is 4.39.